The number of hydrogen-bond donors (Lipinski definition) is 2. The van der Waals surface area contributed by atoms with Gasteiger partial charge in [0.2, 0.25) is 0 Å². The number of rotatable bonds is 0. The summed E-state index contributed by atoms with van der Waals surface area (Å²) in [6, 6.07) is 0. The average Bonchev–Trinajstić information content (AvgIpc) is 1.98. The van der Waals surface area contributed by atoms with Crippen LogP contribution in [-0.2, 0) is 0 Å². The van der Waals surface area contributed by atoms with E-state index in [4.69, 9.17) is 0 Å². The van der Waals surface area contributed by atoms with Gasteiger partial charge in [-0.2, -0.15) is 0 Å². The summed E-state index contributed by atoms with van der Waals surface area (Å²) in [7, 11) is 0. The molecule has 4 bridgehead atoms. The second-order valence-electron chi connectivity index (χ2n) is 4.77. The molecule has 2 fully saturated rings. The number of allylic oxidation sites excluding steroid dienone is 1. The van der Waals surface area contributed by atoms with E-state index in [9.17, 15) is 10.2 Å². The van der Waals surface area contributed by atoms with Gasteiger partial charge in [-0.05, 0) is 49.5 Å². The van der Waals surface area contributed by atoms with Crippen LogP contribution in [0, 0.1) is 11.8 Å². The van der Waals surface area contributed by atoms with Crippen molar-refractivity contribution in [3.8, 4) is 0 Å². The number of aliphatic hydroxyl groups excluding tert-OH is 1. The van der Waals surface area contributed by atoms with Gasteiger partial charge in [0.15, 0.2) is 0 Å². The van der Waals surface area contributed by atoms with E-state index in [1.165, 1.54) is 6.42 Å². The molecule has 4 rings (SSSR count). The van der Waals surface area contributed by atoms with E-state index in [0.29, 0.717) is 17.6 Å². The van der Waals surface area contributed by atoms with E-state index in [0.717, 1.165) is 31.3 Å². The first-order valence-electron chi connectivity index (χ1n) is 4.81. The van der Waals surface area contributed by atoms with Crippen molar-refractivity contribution in [1.29, 1.82) is 0 Å². The molecule has 2 atom stereocenters. The maximum atomic E-state index is 10.1. The smallest absolute Gasteiger partial charge is 0.123 e. The summed E-state index contributed by atoms with van der Waals surface area (Å²) in [5.74, 6) is 1.65. The standard InChI is InChI=1S/C10H14O2/c11-9-8-2-6-1-7(3-8)5-10(9,12)4-6/h6-7,11-12H,1-5H2. The minimum atomic E-state index is -0.806. The summed E-state index contributed by atoms with van der Waals surface area (Å²) in [5, 5.41) is 19.8. The third kappa shape index (κ3) is 0.692. The minimum absolute atomic E-state index is 0.328. The Morgan fingerprint density at radius 3 is 2.25 bits per heavy atom. The van der Waals surface area contributed by atoms with Crippen molar-refractivity contribution in [2.24, 2.45) is 11.8 Å². The predicted molar refractivity (Wildman–Crippen MR) is 44.7 cm³/mol. The molecule has 0 saturated heterocycles. The maximum Gasteiger partial charge on any atom is 0.123 e. The van der Waals surface area contributed by atoms with Crippen LogP contribution in [0.2, 0.25) is 0 Å². The average molecular weight is 166 g/mol. The minimum Gasteiger partial charge on any atom is -0.509 e. The molecular formula is C10H14O2. The third-order valence-corrected chi connectivity index (χ3v) is 3.77. The van der Waals surface area contributed by atoms with Crippen molar-refractivity contribution in [2.75, 3.05) is 0 Å². The molecule has 0 amide bonds. The van der Waals surface area contributed by atoms with Gasteiger partial charge in [-0.15, -0.1) is 0 Å². The molecule has 0 spiro atoms. The van der Waals surface area contributed by atoms with E-state index in [1.54, 1.807) is 0 Å². The lowest BCUT2D eigenvalue weighted by Crippen LogP contribution is -2.48. The highest BCUT2D eigenvalue weighted by atomic mass is 16.3. The Morgan fingerprint density at radius 1 is 1.17 bits per heavy atom. The van der Waals surface area contributed by atoms with Gasteiger partial charge in [-0.3, -0.25) is 0 Å². The highest BCUT2D eigenvalue weighted by Crippen LogP contribution is 2.54. The zero-order valence-electron chi connectivity index (χ0n) is 7.08. The molecule has 2 heteroatoms. The molecule has 2 nitrogen and oxygen atoms in total. The summed E-state index contributed by atoms with van der Waals surface area (Å²) in [5.41, 5.74) is 0.343. The zero-order valence-corrected chi connectivity index (χ0v) is 7.08. The molecule has 66 valence electrons. The van der Waals surface area contributed by atoms with Crippen LogP contribution in [0.3, 0.4) is 0 Å². The highest BCUT2D eigenvalue weighted by Gasteiger charge is 2.50. The molecule has 12 heavy (non-hydrogen) atoms. The van der Waals surface area contributed by atoms with Gasteiger partial charge in [0, 0.05) is 0 Å². The molecule has 0 radical (unpaired) electrons. The first kappa shape index (κ1) is 6.96. The Hall–Kier alpha value is -0.500. The van der Waals surface area contributed by atoms with Crippen LogP contribution in [0.25, 0.3) is 0 Å². The van der Waals surface area contributed by atoms with E-state index in [1.807, 2.05) is 0 Å². The van der Waals surface area contributed by atoms with E-state index >= 15 is 0 Å². The Bertz CT molecular complexity index is 251. The topological polar surface area (TPSA) is 40.5 Å². The van der Waals surface area contributed by atoms with E-state index < -0.39 is 5.60 Å². The first-order chi connectivity index (χ1) is 5.67. The molecule has 0 aromatic heterocycles. The van der Waals surface area contributed by atoms with Crippen molar-refractivity contribution >= 4 is 0 Å². The van der Waals surface area contributed by atoms with Gasteiger partial charge in [0.25, 0.3) is 0 Å². The summed E-state index contributed by atoms with van der Waals surface area (Å²) in [6.45, 7) is 0. The van der Waals surface area contributed by atoms with Gasteiger partial charge in [0.05, 0.1) is 0 Å². The lowest BCUT2D eigenvalue weighted by Gasteiger charge is -2.50. The molecule has 4 aliphatic carbocycles. The molecule has 4 aliphatic rings. The summed E-state index contributed by atoms with van der Waals surface area (Å²) < 4.78 is 0. The second-order valence-corrected chi connectivity index (χ2v) is 4.77. The third-order valence-electron chi connectivity index (χ3n) is 3.77. The number of hydrogen-bond acceptors (Lipinski definition) is 2. The summed E-state index contributed by atoms with van der Waals surface area (Å²) in [6.07, 6.45) is 4.98. The van der Waals surface area contributed by atoms with Crippen molar-refractivity contribution in [3.05, 3.63) is 11.3 Å². The largest absolute Gasteiger partial charge is 0.509 e. The molecule has 0 heterocycles. The lowest BCUT2D eigenvalue weighted by atomic mass is 9.58. The van der Waals surface area contributed by atoms with Crippen LogP contribution >= 0.6 is 0 Å². The van der Waals surface area contributed by atoms with Crippen molar-refractivity contribution < 1.29 is 10.2 Å². The zero-order chi connectivity index (χ0) is 8.34. The van der Waals surface area contributed by atoms with Crippen LogP contribution in [-0.4, -0.2) is 15.8 Å². The molecule has 2 saturated carbocycles. The fourth-order valence-corrected chi connectivity index (χ4v) is 3.48. The van der Waals surface area contributed by atoms with Crippen LogP contribution in [0.5, 0.6) is 0 Å². The Kier molecular flexibility index (Phi) is 1.09. The number of aliphatic hydroxyl groups is 2. The van der Waals surface area contributed by atoms with E-state index in [2.05, 4.69) is 0 Å². The molecule has 0 aromatic rings. The Balaban J connectivity index is 2.13. The quantitative estimate of drug-likeness (QED) is 0.575. The van der Waals surface area contributed by atoms with Gasteiger partial charge in [-0.25, -0.2) is 0 Å². The van der Waals surface area contributed by atoms with Crippen LogP contribution < -0.4 is 0 Å². The summed E-state index contributed by atoms with van der Waals surface area (Å²) in [4.78, 5) is 0. The van der Waals surface area contributed by atoms with Gasteiger partial charge >= 0.3 is 0 Å². The van der Waals surface area contributed by atoms with Crippen LogP contribution in [0.15, 0.2) is 11.3 Å². The summed E-state index contributed by atoms with van der Waals surface area (Å²) >= 11 is 0. The van der Waals surface area contributed by atoms with Gasteiger partial charge < -0.3 is 10.2 Å². The molecule has 2 unspecified atom stereocenters. The normalized spacial score (nSPS) is 50.4. The van der Waals surface area contributed by atoms with Crippen LogP contribution in [0.1, 0.15) is 32.1 Å². The molecule has 2 N–H and O–H groups in total. The monoisotopic (exact) mass is 166 g/mol. The van der Waals surface area contributed by atoms with Crippen molar-refractivity contribution in [2.45, 2.75) is 37.7 Å². The Labute approximate surface area is 71.9 Å². The van der Waals surface area contributed by atoms with Gasteiger partial charge in [-0.1, -0.05) is 0 Å². The molecule has 0 aliphatic heterocycles. The van der Waals surface area contributed by atoms with E-state index in [-0.39, 0.29) is 0 Å². The fraction of sp³-hybridized carbons (Fsp3) is 0.800. The predicted octanol–water partition coefficient (Wildman–Crippen LogP) is 1.75. The SMILES string of the molecule is OC1=C2CC3CC(C2)CC1(O)C3. The van der Waals surface area contributed by atoms with Crippen molar-refractivity contribution in [1.82, 2.24) is 0 Å². The second kappa shape index (κ2) is 1.87. The highest BCUT2D eigenvalue weighted by molar-refractivity contribution is 5.29. The molecule has 0 aromatic carbocycles. The molecular weight excluding hydrogens is 152 g/mol. The van der Waals surface area contributed by atoms with Crippen molar-refractivity contribution in [3.63, 3.8) is 0 Å². The lowest BCUT2D eigenvalue weighted by molar-refractivity contribution is -0.0642. The van der Waals surface area contributed by atoms with Crippen LogP contribution in [0.4, 0.5) is 0 Å². The Morgan fingerprint density at radius 2 is 1.75 bits per heavy atom. The maximum absolute atomic E-state index is 10.1. The van der Waals surface area contributed by atoms with Gasteiger partial charge in [0.1, 0.15) is 11.4 Å². The first-order valence-corrected chi connectivity index (χ1v) is 4.81. The fourth-order valence-electron chi connectivity index (χ4n) is 3.48.